The van der Waals surface area contributed by atoms with Gasteiger partial charge in [-0.15, -0.1) is 0 Å². The summed E-state index contributed by atoms with van der Waals surface area (Å²) in [5.41, 5.74) is 8.84. The van der Waals surface area contributed by atoms with Crippen molar-refractivity contribution in [3.05, 3.63) is 29.3 Å². The first kappa shape index (κ1) is 11.1. The lowest BCUT2D eigenvalue weighted by atomic mass is 10.1. The predicted molar refractivity (Wildman–Crippen MR) is 62.3 cm³/mol. The number of hydrogen-bond acceptors (Lipinski definition) is 3. The van der Waals surface area contributed by atoms with Gasteiger partial charge < -0.3 is 15.4 Å². The third-order valence-electron chi connectivity index (χ3n) is 2.93. The van der Waals surface area contributed by atoms with Crippen molar-refractivity contribution >= 4 is 11.6 Å². The molecule has 1 amide bonds. The van der Waals surface area contributed by atoms with Crippen molar-refractivity contribution in [2.24, 2.45) is 5.73 Å². The van der Waals surface area contributed by atoms with Gasteiger partial charge >= 0.3 is 0 Å². The molecule has 0 saturated carbocycles. The molecule has 1 aromatic carbocycles. The maximum absolute atomic E-state index is 12.0. The fourth-order valence-corrected chi connectivity index (χ4v) is 2.12. The molecule has 0 fully saturated rings. The highest BCUT2D eigenvalue weighted by Crippen LogP contribution is 2.36. The van der Waals surface area contributed by atoms with E-state index in [4.69, 9.17) is 10.5 Å². The number of anilines is 1. The molecule has 16 heavy (non-hydrogen) atoms. The topological polar surface area (TPSA) is 55.6 Å². The van der Waals surface area contributed by atoms with Crippen molar-refractivity contribution in [3.8, 4) is 0 Å². The van der Waals surface area contributed by atoms with Crippen LogP contribution in [0.2, 0.25) is 0 Å². The zero-order valence-electron chi connectivity index (χ0n) is 9.56. The second-order valence-electron chi connectivity index (χ2n) is 3.97. The van der Waals surface area contributed by atoms with Gasteiger partial charge in [-0.1, -0.05) is 18.2 Å². The summed E-state index contributed by atoms with van der Waals surface area (Å²) < 4.78 is 5.01. The summed E-state index contributed by atoms with van der Waals surface area (Å²) in [6.07, 6.45) is 0. The van der Waals surface area contributed by atoms with Gasteiger partial charge in [-0.2, -0.15) is 0 Å². The van der Waals surface area contributed by atoms with Gasteiger partial charge in [0.2, 0.25) is 5.91 Å². The first-order chi connectivity index (χ1) is 7.66. The van der Waals surface area contributed by atoms with Gasteiger partial charge in [-0.3, -0.25) is 4.79 Å². The van der Waals surface area contributed by atoms with E-state index in [9.17, 15) is 4.79 Å². The number of fused-ring (bicyclic) bond motifs is 1. The number of hydrogen-bond donors (Lipinski definition) is 1. The summed E-state index contributed by atoms with van der Waals surface area (Å²) in [6, 6.07) is 5.31. The molecule has 1 unspecified atom stereocenters. The first-order valence-electron chi connectivity index (χ1n) is 5.32. The Kier molecular flexibility index (Phi) is 2.94. The number of ether oxygens (including phenoxy) is 1. The minimum Gasteiger partial charge on any atom is -0.383 e. The van der Waals surface area contributed by atoms with E-state index in [1.54, 1.807) is 12.0 Å². The molecule has 0 saturated heterocycles. The Morgan fingerprint density at radius 3 is 2.94 bits per heavy atom. The van der Waals surface area contributed by atoms with Crippen LogP contribution >= 0.6 is 0 Å². The van der Waals surface area contributed by atoms with Crippen LogP contribution in [0.25, 0.3) is 0 Å². The number of para-hydroxylation sites is 1. The van der Waals surface area contributed by atoms with Gasteiger partial charge in [0.1, 0.15) is 6.04 Å². The minimum absolute atomic E-state index is 0.0404. The molecule has 1 aromatic rings. The average Bonchev–Trinajstić information content (AvgIpc) is 2.52. The van der Waals surface area contributed by atoms with Crippen LogP contribution in [0.15, 0.2) is 18.2 Å². The van der Waals surface area contributed by atoms with Crippen molar-refractivity contribution in [2.75, 3.05) is 25.2 Å². The highest BCUT2D eigenvalue weighted by Gasteiger charge is 2.35. The minimum atomic E-state index is -0.522. The Balaban J connectivity index is 2.39. The quantitative estimate of drug-likeness (QED) is 0.826. The summed E-state index contributed by atoms with van der Waals surface area (Å²) in [5.74, 6) is -0.0404. The summed E-state index contributed by atoms with van der Waals surface area (Å²) in [4.78, 5) is 13.7. The maximum Gasteiger partial charge on any atom is 0.248 e. The van der Waals surface area contributed by atoms with Gasteiger partial charge in [-0.25, -0.2) is 0 Å². The van der Waals surface area contributed by atoms with Gasteiger partial charge in [0.15, 0.2) is 0 Å². The van der Waals surface area contributed by atoms with Crippen LogP contribution in [-0.4, -0.2) is 26.2 Å². The van der Waals surface area contributed by atoms with E-state index in [0.717, 1.165) is 16.8 Å². The molecule has 2 rings (SSSR count). The summed E-state index contributed by atoms with van der Waals surface area (Å²) in [6.45, 7) is 3.07. The van der Waals surface area contributed by atoms with Crippen molar-refractivity contribution < 1.29 is 9.53 Å². The molecule has 0 aromatic heterocycles. The van der Waals surface area contributed by atoms with Gasteiger partial charge in [0, 0.05) is 19.2 Å². The van der Waals surface area contributed by atoms with E-state index < -0.39 is 6.04 Å². The molecule has 1 aliphatic rings. The zero-order chi connectivity index (χ0) is 11.7. The fraction of sp³-hybridized carbons (Fsp3) is 0.417. The molecular weight excluding hydrogens is 204 g/mol. The molecule has 86 valence electrons. The van der Waals surface area contributed by atoms with Crippen LogP contribution in [0.5, 0.6) is 0 Å². The van der Waals surface area contributed by atoms with Crippen molar-refractivity contribution in [3.63, 3.8) is 0 Å². The van der Waals surface area contributed by atoms with E-state index >= 15 is 0 Å². The molecule has 0 radical (unpaired) electrons. The molecule has 1 heterocycles. The number of carbonyl (C=O) groups excluding carboxylic acids is 1. The number of methoxy groups -OCH3 is 1. The maximum atomic E-state index is 12.0. The number of benzene rings is 1. The third-order valence-corrected chi connectivity index (χ3v) is 2.93. The van der Waals surface area contributed by atoms with Crippen molar-refractivity contribution in [2.45, 2.75) is 13.0 Å². The molecule has 0 aliphatic carbocycles. The third kappa shape index (κ3) is 1.60. The largest absolute Gasteiger partial charge is 0.383 e. The molecule has 2 N–H and O–H groups in total. The van der Waals surface area contributed by atoms with Crippen LogP contribution in [0.1, 0.15) is 17.2 Å². The van der Waals surface area contributed by atoms with Gasteiger partial charge in [0.05, 0.1) is 12.3 Å². The Bertz CT molecular complexity index is 417. The molecule has 0 spiro atoms. The van der Waals surface area contributed by atoms with Crippen LogP contribution < -0.4 is 10.6 Å². The van der Waals surface area contributed by atoms with Crippen LogP contribution in [0, 0.1) is 6.92 Å². The average molecular weight is 220 g/mol. The second-order valence-corrected chi connectivity index (χ2v) is 3.97. The SMILES string of the molecule is COCCN1C(=O)C(N)c2cccc(C)c21. The number of aryl methyl sites for hydroxylation is 1. The van der Waals surface area contributed by atoms with E-state index in [0.29, 0.717) is 13.2 Å². The fourth-order valence-electron chi connectivity index (χ4n) is 2.12. The summed E-state index contributed by atoms with van der Waals surface area (Å²) in [5, 5.41) is 0. The highest BCUT2D eigenvalue weighted by atomic mass is 16.5. The number of nitrogens with two attached hydrogens (primary N) is 1. The first-order valence-corrected chi connectivity index (χ1v) is 5.32. The van der Waals surface area contributed by atoms with Crippen LogP contribution in [0.4, 0.5) is 5.69 Å². The molecule has 1 atom stereocenters. The van der Waals surface area contributed by atoms with Crippen molar-refractivity contribution in [1.82, 2.24) is 0 Å². The Morgan fingerprint density at radius 2 is 2.25 bits per heavy atom. The standard InChI is InChI=1S/C12H16N2O2/c1-8-4-3-5-9-10(13)12(15)14(11(8)9)6-7-16-2/h3-5,10H,6-7,13H2,1-2H3. The highest BCUT2D eigenvalue weighted by molar-refractivity contribution is 6.05. The lowest BCUT2D eigenvalue weighted by molar-refractivity contribution is -0.119. The Hall–Kier alpha value is -1.39. The number of carbonyl (C=O) groups is 1. The van der Waals surface area contributed by atoms with E-state index in [-0.39, 0.29) is 5.91 Å². The lowest BCUT2D eigenvalue weighted by Gasteiger charge is -2.18. The molecule has 4 heteroatoms. The second kappa shape index (κ2) is 4.23. The smallest absolute Gasteiger partial charge is 0.248 e. The number of rotatable bonds is 3. The monoisotopic (exact) mass is 220 g/mol. The Morgan fingerprint density at radius 1 is 1.50 bits per heavy atom. The van der Waals surface area contributed by atoms with Gasteiger partial charge in [-0.05, 0) is 12.5 Å². The van der Waals surface area contributed by atoms with E-state index in [1.807, 2.05) is 25.1 Å². The van der Waals surface area contributed by atoms with Crippen LogP contribution in [-0.2, 0) is 9.53 Å². The lowest BCUT2D eigenvalue weighted by Crippen LogP contribution is -2.34. The van der Waals surface area contributed by atoms with E-state index in [2.05, 4.69) is 0 Å². The molecular formula is C12H16N2O2. The van der Waals surface area contributed by atoms with E-state index in [1.165, 1.54) is 0 Å². The number of nitrogens with zero attached hydrogens (tertiary/aromatic N) is 1. The Labute approximate surface area is 95.0 Å². The predicted octanol–water partition coefficient (Wildman–Crippen LogP) is 0.988. The summed E-state index contributed by atoms with van der Waals surface area (Å²) in [7, 11) is 1.62. The van der Waals surface area contributed by atoms with Gasteiger partial charge in [0.25, 0.3) is 0 Å². The van der Waals surface area contributed by atoms with Crippen molar-refractivity contribution in [1.29, 1.82) is 0 Å². The number of amides is 1. The zero-order valence-corrected chi connectivity index (χ0v) is 9.56. The molecule has 0 bridgehead atoms. The molecule has 1 aliphatic heterocycles. The molecule has 4 nitrogen and oxygen atoms in total. The van der Waals surface area contributed by atoms with Crippen LogP contribution in [0.3, 0.4) is 0 Å². The normalized spacial score (nSPS) is 19.1. The summed E-state index contributed by atoms with van der Waals surface area (Å²) >= 11 is 0.